The first-order valence-electron chi connectivity index (χ1n) is 4.38. The van der Waals surface area contributed by atoms with Crippen LogP contribution in [0.25, 0.3) is 0 Å². The first-order chi connectivity index (χ1) is 5.84. The van der Waals surface area contributed by atoms with Crippen LogP contribution in [0.5, 0.6) is 0 Å². The molecule has 0 unspecified atom stereocenters. The summed E-state index contributed by atoms with van der Waals surface area (Å²) in [5.41, 5.74) is 2.16. The van der Waals surface area contributed by atoms with Crippen molar-refractivity contribution in [3.8, 4) is 0 Å². The lowest BCUT2D eigenvalue weighted by molar-refractivity contribution is 0.159. The smallest absolute Gasteiger partial charge is 0.114 e. The minimum absolute atomic E-state index is 0.633. The molecule has 66 valence electrons. The molecule has 0 aromatic carbocycles. The predicted molar refractivity (Wildman–Crippen MR) is 51.2 cm³/mol. The summed E-state index contributed by atoms with van der Waals surface area (Å²) in [5.74, 6) is 0. The van der Waals surface area contributed by atoms with E-state index in [-0.39, 0.29) is 0 Å². The maximum atomic E-state index is 4.96. The normalized spacial score (nSPS) is 17.5. The van der Waals surface area contributed by atoms with Gasteiger partial charge in [-0.05, 0) is 32.3 Å². The second-order valence-electron chi connectivity index (χ2n) is 2.73. The number of hydrogen-bond donors (Lipinski definition) is 0. The molecule has 0 aliphatic heterocycles. The highest BCUT2D eigenvalue weighted by Crippen LogP contribution is 2.11. The van der Waals surface area contributed by atoms with E-state index in [2.05, 4.69) is 23.4 Å². The third kappa shape index (κ3) is 2.53. The summed E-state index contributed by atoms with van der Waals surface area (Å²) in [6, 6.07) is 0. The SMILES string of the molecule is CCO/N=C(\C)C1=CCCC=C1. The molecule has 0 saturated heterocycles. The summed E-state index contributed by atoms with van der Waals surface area (Å²) in [5, 5.41) is 3.96. The van der Waals surface area contributed by atoms with Gasteiger partial charge < -0.3 is 4.84 Å². The van der Waals surface area contributed by atoms with E-state index >= 15 is 0 Å². The van der Waals surface area contributed by atoms with Gasteiger partial charge in [0.1, 0.15) is 6.61 Å². The Bertz CT molecular complexity index is 226. The highest BCUT2D eigenvalue weighted by molar-refractivity contribution is 6.00. The molecule has 0 fully saturated rings. The molecule has 0 amide bonds. The standard InChI is InChI=1S/C10H15NO/c1-3-12-11-9(2)10-7-5-4-6-8-10/h5,7-8H,3-4,6H2,1-2H3/b11-9+. The van der Waals surface area contributed by atoms with Gasteiger partial charge in [0, 0.05) is 0 Å². The van der Waals surface area contributed by atoms with Crippen LogP contribution < -0.4 is 0 Å². The molecule has 0 heterocycles. The van der Waals surface area contributed by atoms with E-state index in [0.717, 1.165) is 18.6 Å². The Morgan fingerprint density at radius 1 is 1.58 bits per heavy atom. The quantitative estimate of drug-likeness (QED) is 0.465. The van der Waals surface area contributed by atoms with Crippen LogP contribution in [0.2, 0.25) is 0 Å². The first-order valence-corrected chi connectivity index (χ1v) is 4.38. The first kappa shape index (κ1) is 9.04. The van der Waals surface area contributed by atoms with Crippen molar-refractivity contribution in [3.63, 3.8) is 0 Å². The Morgan fingerprint density at radius 2 is 2.42 bits per heavy atom. The molecule has 0 N–H and O–H groups in total. The van der Waals surface area contributed by atoms with Gasteiger partial charge in [0.25, 0.3) is 0 Å². The number of allylic oxidation sites excluding steroid dienone is 4. The molecule has 0 saturated carbocycles. The van der Waals surface area contributed by atoms with Crippen molar-refractivity contribution in [2.24, 2.45) is 5.16 Å². The minimum Gasteiger partial charge on any atom is -0.396 e. The van der Waals surface area contributed by atoms with Gasteiger partial charge in [0.15, 0.2) is 0 Å². The number of nitrogens with zero attached hydrogens (tertiary/aromatic N) is 1. The Labute approximate surface area is 73.6 Å². The second kappa shape index (κ2) is 4.75. The van der Waals surface area contributed by atoms with E-state index in [0.29, 0.717) is 6.61 Å². The molecule has 0 spiro atoms. The molecule has 2 heteroatoms. The topological polar surface area (TPSA) is 21.6 Å². The van der Waals surface area contributed by atoms with Crippen molar-refractivity contribution in [1.29, 1.82) is 0 Å². The van der Waals surface area contributed by atoms with Crippen LogP contribution in [0.15, 0.2) is 29.0 Å². The van der Waals surface area contributed by atoms with Gasteiger partial charge in [-0.25, -0.2) is 0 Å². The molecule has 0 radical (unpaired) electrons. The molecular weight excluding hydrogens is 150 g/mol. The third-order valence-electron chi connectivity index (χ3n) is 1.74. The summed E-state index contributed by atoms with van der Waals surface area (Å²) >= 11 is 0. The van der Waals surface area contributed by atoms with Crippen LogP contribution in [-0.4, -0.2) is 12.3 Å². The van der Waals surface area contributed by atoms with Gasteiger partial charge in [-0.1, -0.05) is 23.4 Å². The fourth-order valence-electron chi connectivity index (χ4n) is 1.10. The minimum atomic E-state index is 0.633. The summed E-state index contributed by atoms with van der Waals surface area (Å²) < 4.78 is 0. The Hall–Kier alpha value is -1.05. The lowest BCUT2D eigenvalue weighted by Crippen LogP contribution is -1.98. The largest absolute Gasteiger partial charge is 0.396 e. The Balaban J connectivity index is 2.56. The van der Waals surface area contributed by atoms with Crippen LogP contribution in [0.3, 0.4) is 0 Å². The van der Waals surface area contributed by atoms with Crippen molar-refractivity contribution < 1.29 is 4.84 Å². The van der Waals surface area contributed by atoms with E-state index in [1.54, 1.807) is 0 Å². The van der Waals surface area contributed by atoms with Gasteiger partial charge in [-0.2, -0.15) is 0 Å². The van der Waals surface area contributed by atoms with Gasteiger partial charge >= 0.3 is 0 Å². The molecule has 1 aliphatic carbocycles. The van der Waals surface area contributed by atoms with Crippen molar-refractivity contribution in [2.75, 3.05) is 6.61 Å². The fourth-order valence-corrected chi connectivity index (χ4v) is 1.10. The lowest BCUT2D eigenvalue weighted by Gasteiger charge is -2.05. The fraction of sp³-hybridized carbons (Fsp3) is 0.500. The molecule has 0 aromatic rings. The maximum Gasteiger partial charge on any atom is 0.114 e. The Morgan fingerprint density at radius 3 is 3.00 bits per heavy atom. The second-order valence-corrected chi connectivity index (χ2v) is 2.73. The van der Waals surface area contributed by atoms with E-state index < -0.39 is 0 Å². The molecule has 1 rings (SSSR count). The van der Waals surface area contributed by atoms with E-state index in [1.165, 1.54) is 5.57 Å². The Kier molecular flexibility index (Phi) is 3.58. The van der Waals surface area contributed by atoms with Crippen molar-refractivity contribution in [3.05, 3.63) is 23.8 Å². The molecule has 2 nitrogen and oxygen atoms in total. The summed E-state index contributed by atoms with van der Waals surface area (Å²) in [4.78, 5) is 4.96. The number of oxime groups is 1. The summed E-state index contributed by atoms with van der Waals surface area (Å²) in [6.07, 6.45) is 8.72. The molecule has 0 atom stereocenters. The monoisotopic (exact) mass is 165 g/mol. The zero-order valence-electron chi connectivity index (χ0n) is 7.71. The molecule has 12 heavy (non-hydrogen) atoms. The molecule has 1 aliphatic rings. The van der Waals surface area contributed by atoms with Gasteiger partial charge in [0.2, 0.25) is 0 Å². The zero-order chi connectivity index (χ0) is 8.81. The molecule has 0 bridgehead atoms. The van der Waals surface area contributed by atoms with Crippen LogP contribution in [-0.2, 0) is 4.84 Å². The van der Waals surface area contributed by atoms with Crippen molar-refractivity contribution in [1.82, 2.24) is 0 Å². The maximum absolute atomic E-state index is 4.96. The number of rotatable bonds is 3. The predicted octanol–water partition coefficient (Wildman–Crippen LogP) is 2.68. The van der Waals surface area contributed by atoms with E-state index in [4.69, 9.17) is 4.84 Å². The van der Waals surface area contributed by atoms with Crippen LogP contribution in [0.1, 0.15) is 26.7 Å². The van der Waals surface area contributed by atoms with Gasteiger partial charge in [-0.3, -0.25) is 0 Å². The van der Waals surface area contributed by atoms with E-state index in [1.807, 2.05) is 13.8 Å². The van der Waals surface area contributed by atoms with Crippen LogP contribution in [0, 0.1) is 0 Å². The van der Waals surface area contributed by atoms with Crippen molar-refractivity contribution in [2.45, 2.75) is 26.7 Å². The average molecular weight is 165 g/mol. The van der Waals surface area contributed by atoms with Crippen LogP contribution >= 0.6 is 0 Å². The lowest BCUT2D eigenvalue weighted by atomic mass is 10.0. The molecule has 0 aromatic heterocycles. The van der Waals surface area contributed by atoms with Crippen LogP contribution in [0.4, 0.5) is 0 Å². The summed E-state index contributed by atoms with van der Waals surface area (Å²) in [7, 11) is 0. The van der Waals surface area contributed by atoms with Gasteiger partial charge in [0.05, 0.1) is 5.71 Å². The van der Waals surface area contributed by atoms with E-state index in [9.17, 15) is 0 Å². The highest BCUT2D eigenvalue weighted by Gasteiger charge is 2.00. The number of hydrogen-bond acceptors (Lipinski definition) is 2. The van der Waals surface area contributed by atoms with Gasteiger partial charge in [-0.15, -0.1) is 0 Å². The zero-order valence-corrected chi connectivity index (χ0v) is 7.71. The highest BCUT2D eigenvalue weighted by atomic mass is 16.6. The van der Waals surface area contributed by atoms with Crippen molar-refractivity contribution >= 4 is 5.71 Å². The third-order valence-corrected chi connectivity index (χ3v) is 1.74. The molecular formula is C10H15NO. The average Bonchev–Trinajstić information content (AvgIpc) is 2.15. The summed E-state index contributed by atoms with van der Waals surface area (Å²) in [6.45, 7) is 4.54.